The van der Waals surface area contributed by atoms with Crippen molar-refractivity contribution in [2.45, 2.75) is 45.7 Å². The minimum Gasteiger partial charge on any atom is -0.307 e. The number of hydrogen-bond acceptors (Lipinski definition) is 3. The fourth-order valence-corrected chi connectivity index (χ4v) is 1.91. The molecule has 0 aromatic carbocycles. The smallest absolute Gasteiger partial charge is 0.307 e. The summed E-state index contributed by atoms with van der Waals surface area (Å²) >= 11 is 0. The minimum atomic E-state index is -4.26. The van der Waals surface area contributed by atoms with Crippen LogP contribution in [0, 0.1) is 0 Å². The molecule has 124 valence electrons. The van der Waals surface area contributed by atoms with E-state index >= 15 is 0 Å². The topological polar surface area (TPSA) is 47.7 Å². The van der Waals surface area contributed by atoms with E-state index in [4.69, 9.17) is 0 Å². The van der Waals surface area contributed by atoms with Crippen molar-refractivity contribution in [1.82, 2.24) is 24.9 Å². The summed E-state index contributed by atoms with van der Waals surface area (Å²) in [4.78, 5) is 0. The first-order valence-electron chi connectivity index (χ1n) is 6.66. The van der Waals surface area contributed by atoms with Gasteiger partial charge in [0.05, 0.1) is 11.9 Å². The predicted molar refractivity (Wildman–Crippen MR) is 78.7 cm³/mol. The SMILES string of the molecule is CC(C)n1cc(CNCc2ccnn2CC(F)(F)F)cn1.Cl. The Hall–Kier alpha value is -1.54. The highest BCUT2D eigenvalue weighted by Gasteiger charge is 2.29. The van der Waals surface area contributed by atoms with Crippen LogP contribution in [-0.2, 0) is 19.6 Å². The molecule has 0 atom stereocenters. The monoisotopic (exact) mass is 337 g/mol. The molecule has 2 rings (SSSR count). The number of nitrogens with one attached hydrogen (secondary N) is 1. The lowest BCUT2D eigenvalue weighted by atomic mass is 10.3. The Balaban J connectivity index is 0.00000242. The highest BCUT2D eigenvalue weighted by Crippen LogP contribution is 2.18. The molecule has 2 heterocycles. The Morgan fingerprint density at radius 1 is 1.23 bits per heavy atom. The van der Waals surface area contributed by atoms with Crippen molar-refractivity contribution in [3.8, 4) is 0 Å². The van der Waals surface area contributed by atoms with Crippen LogP contribution in [0.4, 0.5) is 13.2 Å². The van der Waals surface area contributed by atoms with Gasteiger partial charge in [-0.05, 0) is 19.9 Å². The fraction of sp³-hybridized carbons (Fsp3) is 0.538. The maximum atomic E-state index is 12.4. The highest BCUT2D eigenvalue weighted by molar-refractivity contribution is 5.85. The van der Waals surface area contributed by atoms with Crippen LogP contribution in [0.15, 0.2) is 24.7 Å². The van der Waals surface area contributed by atoms with Gasteiger partial charge in [0.15, 0.2) is 0 Å². The van der Waals surface area contributed by atoms with Crippen LogP contribution in [-0.4, -0.2) is 25.7 Å². The molecule has 2 aromatic heterocycles. The summed E-state index contributed by atoms with van der Waals surface area (Å²) in [5.74, 6) is 0. The summed E-state index contributed by atoms with van der Waals surface area (Å²) in [5.41, 5.74) is 1.49. The second kappa shape index (κ2) is 7.64. The summed E-state index contributed by atoms with van der Waals surface area (Å²) in [6, 6.07) is 1.86. The first-order chi connectivity index (χ1) is 9.85. The summed E-state index contributed by atoms with van der Waals surface area (Å²) in [6.07, 6.45) is 0.781. The first kappa shape index (κ1) is 18.5. The predicted octanol–water partition coefficient (Wildman–Crippen LogP) is 2.93. The number of nitrogens with zero attached hydrogens (tertiary/aromatic N) is 4. The zero-order valence-electron chi connectivity index (χ0n) is 12.3. The van der Waals surface area contributed by atoms with Crippen molar-refractivity contribution in [1.29, 1.82) is 0 Å². The molecule has 0 unspecified atom stereocenters. The van der Waals surface area contributed by atoms with Gasteiger partial charge in [-0.25, -0.2) is 0 Å². The van der Waals surface area contributed by atoms with E-state index in [1.165, 1.54) is 6.20 Å². The molecule has 0 bridgehead atoms. The maximum absolute atomic E-state index is 12.4. The standard InChI is InChI=1S/C13H18F3N5.ClH/c1-10(2)20-8-11(6-19-20)5-17-7-12-3-4-18-21(12)9-13(14,15)16;/h3-4,6,8,10,17H,5,7,9H2,1-2H3;1H. The van der Waals surface area contributed by atoms with Gasteiger partial charge >= 0.3 is 6.18 Å². The number of alkyl halides is 3. The van der Waals surface area contributed by atoms with Gasteiger partial charge in [-0.3, -0.25) is 9.36 Å². The van der Waals surface area contributed by atoms with E-state index in [1.54, 1.807) is 12.3 Å². The zero-order chi connectivity index (χ0) is 15.5. The molecule has 0 fully saturated rings. The molecule has 22 heavy (non-hydrogen) atoms. The van der Waals surface area contributed by atoms with E-state index in [0.717, 1.165) is 10.2 Å². The van der Waals surface area contributed by atoms with Crippen LogP contribution in [0.5, 0.6) is 0 Å². The maximum Gasteiger partial charge on any atom is 0.408 e. The molecule has 0 aliphatic rings. The van der Waals surface area contributed by atoms with Crippen LogP contribution in [0.1, 0.15) is 31.1 Å². The van der Waals surface area contributed by atoms with Crippen LogP contribution in [0.2, 0.25) is 0 Å². The number of aromatic nitrogens is 4. The average Bonchev–Trinajstić information content (AvgIpc) is 2.97. The Morgan fingerprint density at radius 2 is 1.95 bits per heavy atom. The Bertz CT molecular complexity index is 576. The van der Waals surface area contributed by atoms with Gasteiger partial charge in [0, 0.05) is 37.1 Å². The zero-order valence-corrected chi connectivity index (χ0v) is 13.2. The lowest BCUT2D eigenvalue weighted by Gasteiger charge is -2.10. The molecular formula is C13H19ClF3N5. The molecule has 0 amide bonds. The molecule has 0 aliphatic carbocycles. The normalized spacial score (nSPS) is 11.7. The molecular weight excluding hydrogens is 319 g/mol. The van der Waals surface area contributed by atoms with Crippen molar-refractivity contribution in [2.75, 3.05) is 0 Å². The number of hydrogen-bond donors (Lipinski definition) is 1. The van der Waals surface area contributed by atoms with Crippen molar-refractivity contribution >= 4 is 12.4 Å². The lowest BCUT2D eigenvalue weighted by molar-refractivity contribution is -0.143. The van der Waals surface area contributed by atoms with Crippen molar-refractivity contribution < 1.29 is 13.2 Å². The molecule has 0 radical (unpaired) electrons. The van der Waals surface area contributed by atoms with Crippen molar-refractivity contribution in [3.63, 3.8) is 0 Å². The Labute approximate surface area is 132 Å². The Morgan fingerprint density at radius 3 is 2.55 bits per heavy atom. The third kappa shape index (κ3) is 5.34. The molecule has 0 aliphatic heterocycles. The molecule has 0 spiro atoms. The van der Waals surface area contributed by atoms with Crippen molar-refractivity contribution in [3.05, 3.63) is 35.9 Å². The van der Waals surface area contributed by atoms with Crippen LogP contribution in [0.25, 0.3) is 0 Å². The molecule has 0 saturated heterocycles. The van der Waals surface area contributed by atoms with Gasteiger partial charge in [-0.2, -0.15) is 23.4 Å². The van der Waals surface area contributed by atoms with Gasteiger partial charge < -0.3 is 5.32 Å². The molecule has 5 nitrogen and oxygen atoms in total. The van der Waals surface area contributed by atoms with E-state index in [-0.39, 0.29) is 18.4 Å². The lowest BCUT2D eigenvalue weighted by Crippen LogP contribution is -2.23. The number of rotatable bonds is 6. The van der Waals surface area contributed by atoms with Gasteiger partial charge in [0.1, 0.15) is 6.54 Å². The van der Waals surface area contributed by atoms with Crippen LogP contribution < -0.4 is 5.32 Å². The largest absolute Gasteiger partial charge is 0.408 e. The summed E-state index contributed by atoms with van der Waals surface area (Å²) in [6.45, 7) is 3.86. The van der Waals surface area contributed by atoms with E-state index < -0.39 is 12.7 Å². The van der Waals surface area contributed by atoms with Gasteiger partial charge in [0.2, 0.25) is 0 Å². The van der Waals surface area contributed by atoms with Crippen LogP contribution in [0.3, 0.4) is 0 Å². The third-order valence-corrected chi connectivity index (χ3v) is 2.95. The van der Waals surface area contributed by atoms with Gasteiger partial charge in [0.25, 0.3) is 0 Å². The van der Waals surface area contributed by atoms with Gasteiger partial charge in [-0.15, -0.1) is 12.4 Å². The molecule has 9 heteroatoms. The van der Waals surface area contributed by atoms with Crippen LogP contribution >= 0.6 is 12.4 Å². The molecule has 1 N–H and O–H groups in total. The molecule has 0 saturated carbocycles. The second-order valence-electron chi connectivity index (χ2n) is 5.12. The Kier molecular flexibility index (Phi) is 6.43. The summed E-state index contributed by atoms with van der Waals surface area (Å²) in [5, 5.41) is 11.0. The number of halogens is 4. The van der Waals surface area contributed by atoms with E-state index in [1.807, 2.05) is 24.7 Å². The van der Waals surface area contributed by atoms with Gasteiger partial charge in [-0.1, -0.05) is 0 Å². The fourth-order valence-electron chi connectivity index (χ4n) is 1.91. The van der Waals surface area contributed by atoms with E-state index in [0.29, 0.717) is 18.8 Å². The quantitative estimate of drug-likeness (QED) is 0.881. The second-order valence-corrected chi connectivity index (χ2v) is 5.12. The van der Waals surface area contributed by atoms with E-state index in [9.17, 15) is 13.2 Å². The van der Waals surface area contributed by atoms with Crippen molar-refractivity contribution in [2.24, 2.45) is 0 Å². The summed E-state index contributed by atoms with van der Waals surface area (Å²) in [7, 11) is 0. The third-order valence-electron chi connectivity index (χ3n) is 2.95. The van der Waals surface area contributed by atoms with E-state index in [2.05, 4.69) is 15.5 Å². The highest BCUT2D eigenvalue weighted by atomic mass is 35.5. The average molecular weight is 338 g/mol. The first-order valence-corrected chi connectivity index (χ1v) is 6.66. The summed E-state index contributed by atoms with van der Waals surface area (Å²) < 4.78 is 39.9. The molecule has 2 aromatic rings. The minimum absolute atomic E-state index is 0.